The number of carbonyl (C=O) groups excluding carboxylic acids is 1. The van der Waals surface area contributed by atoms with E-state index in [2.05, 4.69) is 4.98 Å². The third-order valence-corrected chi connectivity index (χ3v) is 7.14. The van der Waals surface area contributed by atoms with Crippen LogP contribution in [0.5, 0.6) is 0 Å². The van der Waals surface area contributed by atoms with Crippen LogP contribution >= 0.6 is 11.3 Å². The van der Waals surface area contributed by atoms with Crippen LogP contribution in [0.4, 0.5) is 0 Å². The second-order valence-electron chi connectivity index (χ2n) is 8.12. The predicted molar refractivity (Wildman–Crippen MR) is 91.5 cm³/mol. The molecule has 0 radical (unpaired) electrons. The van der Waals surface area contributed by atoms with Crippen LogP contribution in [0.1, 0.15) is 43.5 Å². The fourth-order valence-electron chi connectivity index (χ4n) is 5.72. The summed E-state index contributed by atoms with van der Waals surface area (Å²) in [6, 6.07) is 7.97. The molecule has 0 saturated heterocycles. The molecule has 0 unspecified atom stereocenters. The lowest BCUT2D eigenvalue weighted by Crippen LogP contribution is -2.58. The highest BCUT2D eigenvalue weighted by atomic mass is 32.1. The van der Waals surface area contributed by atoms with Crippen molar-refractivity contribution < 1.29 is 14.6 Å². The van der Waals surface area contributed by atoms with Crippen LogP contribution < -0.4 is 0 Å². The lowest BCUT2D eigenvalue weighted by atomic mass is 9.48. The van der Waals surface area contributed by atoms with Crippen LogP contribution in [0.3, 0.4) is 0 Å². The molecule has 5 heteroatoms. The van der Waals surface area contributed by atoms with E-state index in [0.29, 0.717) is 18.3 Å². The predicted octanol–water partition coefficient (Wildman–Crippen LogP) is 3.67. The molecule has 2 atom stereocenters. The SMILES string of the molecule is O=C(OCc1nc2ccccc2s1)C12C[C@@H]3C[C@H](CC(O)(C3)C1)C2. The molecule has 2 aromatic rings. The number of ether oxygens (including phenoxy) is 1. The van der Waals surface area contributed by atoms with E-state index in [1.165, 1.54) is 6.42 Å². The molecule has 6 rings (SSSR count). The number of carbonyl (C=O) groups is 1. The van der Waals surface area contributed by atoms with Crippen LogP contribution in [0.15, 0.2) is 24.3 Å². The third kappa shape index (κ3) is 2.29. The molecule has 4 aliphatic rings. The molecule has 4 fully saturated rings. The Morgan fingerprint density at radius 1 is 1.25 bits per heavy atom. The molecule has 4 bridgehead atoms. The van der Waals surface area contributed by atoms with Crippen LogP contribution in [-0.2, 0) is 16.1 Å². The van der Waals surface area contributed by atoms with Gasteiger partial charge >= 0.3 is 5.97 Å². The maximum Gasteiger partial charge on any atom is 0.312 e. The monoisotopic (exact) mass is 343 g/mol. The lowest BCUT2D eigenvalue weighted by Gasteiger charge is -2.58. The molecule has 1 heterocycles. The van der Waals surface area contributed by atoms with Crippen LogP contribution in [0.2, 0.25) is 0 Å². The van der Waals surface area contributed by atoms with Crippen molar-refractivity contribution >= 4 is 27.5 Å². The molecular formula is C19H21NO3S. The lowest BCUT2D eigenvalue weighted by molar-refractivity contribution is -0.197. The zero-order valence-corrected chi connectivity index (χ0v) is 14.3. The van der Waals surface area contributed by atoms with Gasteiger partial charge < -0.3 is 9.84 Å². The van der Waals surface area contributed by atoms with Gasteiger partial charge in [0.2, 0.25) is 0 Å². The van der Waals surface area contributed by atoms with Crippen molar-refractivity contribution in [1.82, 2.24) is 4.98 Å². The molecule has 0 spiro atoms. The van der Waals surface area contributed by atoms with Gasteiger partial charge in [0.15, 0.2) is 0 Å². The number of para-hydroxylation sites is 1. The fourth-order valence-corrected chi connectivity index (χ4v) is 6.60. The van der Waals surface area contributed by atoms with E-state index in [-0.39, 0.29) is 12.6 Å². The Morgan fingerprint density at radius 2 is 2.00 bits per heavy atom. The first-order valence-corrected chi connectivity index (χ1v) is 9.59. The molecule has 1 aromatic carbocycles. The van der Waals surface area contributed by atoms with Gasteiger partial charge in [0.1, 0.15) is 11.6 Å². The van der Waals surface area contributed by atoms with Gasteiger partial charge in [0, 0.05) is 0 Å². The van der Waals surface area contributed by atoms with Crippen molar-refractivity contribution in [2.24, 2.45) is 17.3 Å². The normalized spacial score (nSPS) is 37.0. The maximum atomic E-state index is 12.9. The maximum absolute atomic E-state index is 12.9. The number of benzene rings is 1. The van der Waals surface area contributed by atoms with Crippen molar-refractivity contribution in [2.45, 2.75) is 50.7 Å². The summed E-state index contributed by atoms with van der Waals surface area (Å²) in [5, 5.41) is 11.6. The third-order valence-electron chi connectivity index (χ3n) is 6.13. The summed E-state index contributed by atoms with van der Waals surface area (Å²) in [7, 11) is 0. The van der Waals surface area contributed by atoms with Crippen molar-refractivity contribution in [1.29, 1.82) is 0 Å². The Morgan fingerprint density at radius 3 is 2.71 bits per heavy atom. The Balaban J connectivity index is 1.33. The fraction of sp³-hybridized carbons (Fsp3) is 0.579. The number of fused-ring (bicyclic) bond motifs is 1. The Bertz CT molecular complexity index is 767. The average Bonchev–Trinajstić information content (AvgIpc) is 2.93. The number of hydrogen-bond donors (Lipinski definition) is 1. The summed E-state index contributed by atoms with van der Waals surface area (Å²) < 4.78 is 6.80. The van der Waals surface area contributed by atoms with E-state index in [1.807, 2.05) is 24.3 Å². The molecule has 0 aliphatic heterocycles. The Kier molecular flexibility index (Phi) is 3.11. The van der Waals surface area contributed by atoms with Gasteiger partial charge in [-0.3, -0.25) is 4.79 Å². The Hall–Kier alpha value is -1.46. The molecule has 4 saturated carbocycles. The highest BCUT2D eigenvalue weighted by molar-refractivity contribution is 7.18. The van der Waals surface area contributed by atoms with Gasteiger partial charge in [-0.25, -0.2) is 4.98 Å². The summed E-state index contributed by atoms with van der Waals surface area (Å²) in [6.07, 6.45) is 5.29. The van der Waals surface area contributed by atoms with Crippen molar-refractivity contribution in [3.8, 4) is 0 Å². The molecular weight excluding hydrogens is 322 g/mol. The summed E-state index contributed by atoms with van der Waals surface area (Å²) in [5.41, 5.74) is -0.119. The van der Waals surface area contributed by atoms with E-state index >= 15 is 0 Å². The van der Waals surface area contributed by atoms with Crippen molar-refractivity contribution in [3.63, 3.8) is 0 Å². The first-order valence-electron chi connectivity index (χ1n) is 8.78. The zero-order chi connectivity index (χ0) is 16.4. The second-order valence-corrected chi connectivity index (χ2v) is 9.23. The summed E-state index contributed by atoms with van der Waals surface area (Å²) in [6.45, 7) is 0.244. The first-order chi connectivity index (χ1) is 11.5. The smallest absolute Gasteiger partial charge is 0.312 e. The van der Waals surface area contributed by atoms with Gasteiger partial charge in [-0.05, 0) is 62.5 Å². The van der Waals surface area contributed by atoms with Crippen LogP contribution in [-0.4, -0.2) is 21.7 Å². The van der Waals surface area contributed by atoms with Gasteiger partial charge in [0.05, 0.1) is 21.2 Å². The minimum atomic E-state index is -0.626. The van der Waals surface area contributed by atoms with E-state index in [0.717, 1.165) is 40.9 Å². The molecule has 1 aromatic heterocycles. The number of rotatable bonds is 3. The number of hydrogen-bond acceptors (Lipinski definition) is 5. The molecule has 4 aliphatic carbocycles. The van der Waals surface area contributed by atoms with E-state index in [9.17, 15) is 9.90 Å². The van der Waals surface area contributed by atoms with Crippen LogP contribution in [0, 0.1) is 17.3 Å². The number of aliphatic hydroxyl groups is 1. The molecule has 0 amide bonds. The standard InChI is InChI=1S/C19H21NO3S/c21-17(23-10-16-20-14-3-1-2-4-15(14)24-16)18-6-12-5-13(7-18)9-19(22,8-12)11-18/h1-4,12-13,22H,5-11H2/t12-,13-,18?,19?/m0/s1. The quantitative estimate of drug-likeness (QED) is 0.864. The topological polar surface area (TPSA) is 59.4 Å². The highest BCUT2D eigenvalue weighted by Crippen LogP contribution is 2.62. The Labute approximate surface area is 144 Å². The molecule has 24 heavy (non-hydrogen) atoms. The van der Waals surface area contributed by atoms with Gasteiger partial charge in [-0.1, -0.05) is 12.1 Å². The largest absolute Gasteiger partial charge is 0.458 e. The van der Waals surface area contributed by atoms with Crippen molar-refractivity contribution in [2.75, 3.05) is 0 Å². The minimum Gasteiger partial charge on any atom is -0.458 e. The number of esters is 1. The summed E-state index contributed by atoms with van der Waals surface area (Å²) in [5.74, 6) is 0.867. The summed E-state index contributed by atoms with van der Waals surface area (Å²) in [4.78, 5) is 17.4. The minimum absolute atomic E-state index is 0.116. The van der Waals surface area contributed by atoms with E-state index in [4.69, 9.17) is 4.74 Å². The molecule has 1 N–H and O–H groups in total. The number of aromatic nitrogens is 1. The number of thiazole rings is 1. The first kappa shape index (κ1) is 14.8. The molecule has 4 nitrogen and oxygen atoms in total. The highest BCUT2D eigenvalue weighted by Gasteiger charge is 2.60. The van der Waals surface area contributed by atoms with E-state index < -0.39 is 11.0 Å². The van der Waals surface area contributed by atoms with Gasteiger partial charge in [-0.15, -0.1) is 11.3 Å². The number of nitrogens with zero attached hydrogens (tertiary/aromatic N) is 1. The van der Waals surface area contributed by atoms with Gasteiger partial charge in [-0.2, -0.15) is 0 Å². The molecule has 126 valence electrons. The average molecular weight is 343 g/mol. The summed E-state index contributed by atoms with van der Waals surface area (Å²) >= 11 is 1.58. The second kappa shape index (κ2) is 5.02. The van der Waals surface area contributed by atoms with Crippen molar-refractivity contribution in [3.05, 3.63) is 29.3 Å². The van der Waals surface area contributed by atoms with E-state index in [1.54, 1.807) is 11.3 Å². The van der Waals surface area contributed by atoms with Gasteiger partial charge in [0.25, 0.3) is 0 Å². The van der Waals surface area contributed by atoms with Crippen LogP contribution in [0.25, 0.3) is 10.2 Å². The zero-order valence-electron chi connectivity index (χ0n) is 13.5.